The molecule has 1 atom stereocenters. The van der Waals surface area contributed by atoms with E-state index in [0.717, 1.165) is 38.1 Å². The van der Waals surface area contributed by atoms with Gasteiger partial charge in [0.1, 0.15) is 11.6 Å². The van der Waals surface area contributed by atoms with Crippen LogP contribution in [0.2, 0.25) is 0 Å². The van der Waals surface area contributed by atoms with E-state index in [1.165, 1.54) is 30.3 Å². The molecular weight excluding hydrogens is 355 g/mol. The molecule has 1 amide bonds. The molecule has 1 unspecified atom stereocenters. The lowest BCUT2D eigenvalue weighted by Gasteiger charge is -2.26. The van der Waals surface area contributed by atoms with Crippen molar-refractivity contribution in [2.24, 2.45) is 7.05 Å². The van der Waals surface area contributed by atoms with E-state index in [2.05, 4.69) is 16.5 Å². The quantitative estimate of drug-likeness (QED) is 0.795. The van der Waals surface area contributed by atoms with E-state index >= 15 is 0 Å². The molecule has 6 heteroatoms. The molecule has 0 bridgehead atoms. The summed E-state index contributed by atoms with van der Waals surface area (Å²) >= 11 is 0. The SMILES string of the molecule is CN(Cc1ccccc1F)C(=O)CN1CCCC1c1nc2c(n1C)CCCC2. The van der Waals surface area contributed by atoms with Gasteiger partial charge in [-0.3, -0.25) is 9.69 Å². The smallest absolute Gasteiger partial charge is 0.236 e. The minimum Gasteiger partial charge on any atom is -0.340 e. The standard InChI is InChI=1S/C22H29FN4O/c1-25(14-16-8-3-4-9-17(16)23)21(28)15-27-13-7-12-20(27)22-24-18-10-5-6-11-19(18)26(22)2/h3-4,8-9,20H,5-7,10-15H2,1-2H3. The third kappa shape index (κ3) is 3.70. The number of halogens is 1. The zero-order chi connectivity index (χ0) is 19.7. The fraction of sp³-hybridized carbons (Fsp3) is 0.545. The van der Waals surface area contributed by atoms with Crippen LogP contribution in [0.3, 0.4) is 0 Å². The van der Waals surface area contributed by atoms with Crippen LogP contribution < -0.4 is 0 Å². The maximum absolute atomic E-state index is 13.9. The lowest BCUT2D eigenvalue weighted by atomic mass is 10.0. The topological polar surface area (TPSA) is 41.4 Å². The van der Waals surface area contributed by atoms with Gasteiger partial charge in [0, 0.05) is 31.9 Å². The second-order valence-corrected chi connectivity index (χ2v) is 8.10. The Morgan fingerprint density at radius 3 is 2.82 bits per heavy atom. The monoisotopic (exact) mass is 384 g/mol. The Hall–Kier alpha value is -2.21. The summed E-state index contributed by atoms with van der Waals surface area (Å²) in [6.45, 7) is 1.55. The van der Waals surface area contributed by atoms with Gasteiger partial charge in [-0.2, -0.15) is 0 Å². The van der Waals surface area contributed by atoms with Crippen molar-refractivity contribution in [1.29, 1.82) is 0 Å². The third-order valence-electron chi connectivity index (χ3n) is 6.20. The second kappa shape index (κ2) is 8.03. The van der Waals surface area contributed by atoms with Crippen molar-refractivity contribution in [3.8, 4) is 0 Å². The van der Waals surface area contributed by atoms with Crippen molar-refractivity contribution in [3.05, 3.63) is 52.9 Å². The molecule has 1 aromatic carbocycles. The van der Waals surface area contributed by atoms with Crippen LogP contribution in [0.5, 0.6) is 0 Å². The van der Waals surface area contributed by atoms with Crippen molar-refractivity contribution in [2.45, 2.75) is 51.1 Å². The number of amides is 1. The van der Waals surface area contributed by atoms with Crippen molar-refractivity contribution in [1.82, 2.24) is 19.4 Å². The van der Waals surface area contributed by atoms with Crippen LogP contribution >= 0.6 is 0 Å². The first-order valence-electron chi connectivity index (χ1n) is 10.3. The molecule has 1 saturated heterocycles. The summed E-state index contributed by atoms with van der Waals surface area (Å²) in [6, 6.07) is 6.84. The predicted octanol–water partition coefficient (Wildman–Crippen LogP) is 3.23. The van der Waals surface area contributed by atoms with Crippen LogP contribution in [0, 0.1) is 5.82 Å². The van der Waals surface area contributed by atoms with Gasteiger partial charge in [-0.05, 0) is 51.1 Å². The first kappa shape index (κ1) is 19.1. The van der Waals surface area contributed by atoms with Gasteiger partial charge in [-0.1, -0.05) is 18.2 Å². The Morgan fingerprint density at radius 2 is 2.04 bits per heavy atom. The highest BCUT2D eigenvalue weighted by atomic mass is 19.1. The third-order valence-corrected chi connectivity index (χ3v) is 6.20. The molecule has 1 aromatic heterocycles. The summed E-state index contributed by atoms with van der Waals surface area (Å²) in [4.78, 5) is 21.6. The van der Waals surface area contributed by atoms with Gasteiger partial charge in [-0.15, -0.1) is 0 Å². The van der Waals surface area contributed by atoms with E-state index in [1.807, 2.05) is 0 Å². The zero-order valence-electron chi connectivity index (χ0n) is 16.8. The number of hydrogen-bond donors (Lipinski definition) is 0. The molecule has 1 aliphatic heterocycles. The Bertz CT molecular complexity index is 862. The molecule has 0 N–H and O–H groups in total. The summed E-state index contributed by atoms with van der Waals surface area (Å²) in [5.74, 6) is 0.864. The number of imidazole rings is 1. The number of fused-ring (bicyclic) bond motifs is 1. The number of likely N-dealkylation sites (N-methyl/N-ethyl adjacent to an activating group) is 1. The highest BCUT2D eigenvalue weighted by Crippen LogP contribution is 2.33. The summed E-state index contributed by atoms with van der Waals surface area (Å²) in [6.07, 6.45) is 6.74. The van der Waals surface area contributed by atoms with Crippen molar-refractivity contribution in [3.63, 3.8) is 0 Å². The van der Waals surface area contributed by atoms with Crippen LogP contribution in [-0.4, -0.2) is 45.4 Å². The average molecular weight is 384 g/mol. The molecule has 4 rings (SSSR count). The van der Waals surface area contributed by atoms with Crippen LogP contribution in [0.1, 0.15) is 54.5 Å². The Morgan fingerprint density at radius 1 is 1.25 bits per heavy atom. The number of benzene rings is 1. The van der Waals surface area contributed by atoms with Crippen LogP contribution in [0.15, 0.2) is 24.3 Å². The molecule has 2 aliphatic rings. The number of rotatable bonds is 5. The molecule has 5 nitrogen and oxygen atoms in total. The van der Waals surface area contributed by atoms with Crippen LogP contribution in [0.25, 0.3) is 0 Å². The van der Waals surface area contributed by atoms with E-state index in [1.54, 1.807) is 30.1 Å². The van der Waals surface area contributed by atoms with Crippen LogP contribution in [0.4, 0.5) is 4.39 Å². The van der Waals surface area contributed by atoms with Crippen molar-refractivity contribution < 1.29 is 9.18 Å². The van der Waals surface area contributed by atoms with Gasteiger partial charge in [0.2, 0.25) is 5.91 Å². The normalized spacial score (nSPS) is 19.6. The molecular formula is C22H29FN4O. The maximum atomic E-state index is 13.9. The number of likely N-dealkylation sites (tertiary alicyclic amines) is 1. The van der Waals surface area contributed by atoms with Gasteiger partial charge in [0.05, 0.1) is 18.3 Å². The molecule has 2 heterocycles. The number of carbonyl (C=O) groups is 1. The zero-order valence-corrected chi connectivity index (χ0v) is 16.8. The Labute approximate surface area is 166 Å². The van der Waals surface area contributed by atoms with E-state index in [9.17, 15) is 9.18 Å². The summed E-state index contributed by atoms with van der Waals surface area (Å²) < 4.78 is 16.2. The first-order valence-corrected chi connectivity index (χ1v) is 10.3. The van der Waals surface area contributed by atoms with Crippen LogP contribution in [-0.2, 0) is 31.2 Å². The highest BCUT2D eigenvalue weighted by Gasteiger charge is 2.33. The van der Waals surface area contributed by atoms with Gasteiger partial charge < -0.3 is 9.47 Å². The summed E-state index contributed by atoms with van der Waals surface area (Å²) in [7, 11) is 3.87. The predicted molar refractivity (Wildman–Crippen MR) is 106 cm³/mol. The first-order chi connectivity index (χ1) is 13.5. The highest BCUT2D eigenvalue weighted by molar-refractivity contribution is 5.78. The van der Waals surface area contributed by atoms with E-state index in [0.29, 0.717) is 18.7 Å². The molecule has 1 fully saturated rings. The fourth-order valence-electron chi connectivity index (χ4n) is 4.58. The fourth-order valence-corrected chi connectivity index (χ4v) is 4.58. The molecule has 1 aliphatic carbocycles. The maximum Gasteiger partial charge on any atom is 0.236 e. The largest absolute Gasteiger partial charge is 0.340 e. The second-order valence-electron chi connectivity index (χ2n) is 8.10. The van der Waals surface area contributed by atoms with Crippen molar-refractivity contribution in [2.75, 3.05) is 20.1 Å². The number of carbonyl (C=O) groups excluding carboxylic acids is 1. The molecule has 0 radical (unpaired) electrons. The van der Waals surface area contributed by atoms with Gasteiger partial charge in [0.15, 0.2) is 0 Å². The molecule has 28 heavy (non-hydrogen) atoms. The Balaban J connectivity index is 1.45. The van der Waals surface area contributed by atoms with E-state index in [4.69, 9.17) is 4.98 Å². The lowest BCUT2D eigenvalue weighted by molar-refractivity contribution is -0.132. The summed E-state index contributed by atoms with van der Waals surface area (Å²) in [5, 5.41) is 0. The minimum atomic E-state index is -0.264. The molecule has 0 saturated carbocycles. The summed E-state index contributed by atoms with van der Waals surface area (Å²) in [5.41, 5.74) is 3.17. The van der Waals surface area contributed by atoms with Gasteiger partial charge >= 0.3 is 0 Å². The molecule has 0 spiro atoms. The number of nitrogens with zero attached hydrogens (tertiary/aromatic N) is 4. The van der Waals surface area contributed by atoms with Crippen molar-refractivity contribution >= 4 is 5.91 Å². The number of hydrogen-bond acceptors (Lipinski definition) is 3. The minimum absolute atomic E-state index is 0.0223. The molecule has 2 aromatic rings. The molecule has 150 valence electrons. The lowest BCUT2D eigenvalue weighted by Crippen LogP contribution is -2.38. The average Bonchev–Trinajstić information content (AvgIpc) is 3.28. The van der Waals surface area contributed by atoms with Gasteiger partial charge in [-0.25, -0.2) is 9.37 Å². The number of aryl methyl sites for hydroxylation is 1. The number of aromatic nitrogens is 2. The van der Waals surface area contributed by atoms with E-state index < -0.39 is 0 Å². The Kier molecular flexibility index (Phi) is 5.49. The van der Waals surface area contributed by atoms with E-state index in [-0.39, 0.29) is 17.8 Å². The van der Waals surface area contributed by atoms with Gasteiger partial charge in [0.25, 0.3) is 0 Å².